The minimum atomic E-state index is -4.80. The van der Waals surface area contributed by atoms with E-state index in [1.807, 2.05) is 0 Å². The number of fused-ring (bicyclic) bond motifs is 1. The van der Waals surface area contributed by atoms with Crippen molar-refractivity contribution in [2.45, 2.75) is 18.3 Å². The van der Waals surface area contributed by atoms with Crippen LogP contribution in [0.5, 0.6) is 17.2 Å². The van der Waals surface area contributed by atoms with E-state index < -0.39 is 18.3 Å². The van der Waals surface area contributed by atoms with Crippen LogP contribution >= 0.6 is 0 Å². The van der Waals surface area contributed by atoms with E-state index in [0.717, 1.165) is 0 Å². The highest BCUT2D eigenvalue weighted by Gasteiger charge is 2.43. The van der Waals surface area contributed by atoms with Gasteiger partial charge in [0.25, 0.3) is 0 Å². The molecule has 0 aromatic heterocycles. The van der Waals surface area contributed by atoms with Crippen LogP contribution in [0.3, 0.4) is 0 Å². The molecule has 1 aliphatic heterocycles. The molecule has 0 amide bonds. The van der Waals surface area contributed by atoms with Gasteiger partial charge < -0.3 is 25.1 Å². The lowest BCUT2D eigenvalue weighted by Crippen LogP contribution is -2.38. The molecular weight excluding hydrogens is 267 g/mol. The first-order valence-electron chi connectivity index (χ1n) is 5.32. The zero-order chi connectivity index (χ0) is 14.2. The number of alkyl halides is 3. The number of methoxy groups -OCH3 is 1. The Balaban J connectivity index is 2.36. The molecule has 8 heteroatoms. The van der Waals surface area contributed by atoms with E-state index in [1.54, 1.807) is 0 Å². The molecule has 0 saturated heterocycles. The summed E-state index contributed by atoms with van der Waals surface area (Å²) in [5.74, 6) is 0.744. The van der Waals surface area contributed by atoms with Gasteiger partial charge in [0.05, 0.1) is 13.2 Å². The third-order valence-electron chi connectivity index (χ3n) is 2.74. The van der Waals surface area contributed by atoms with Gasteiger partial charge in [-0.1, -0.05) is 0 Å². The van der Waals surface area contributed by atoms with Crippen LogP contribution in [0.25, 0.3) is 0 Å². The lowest BCUT2D eigenvalue weighted by atomic mass is 10.0. The smallest absolute Gasteiger partial charge is 0.416 e. The molecule has 1 aromatic rings. The van der Waals surface area contributed by atoms with Crippen LogP contribution in [0, 0.1) is 0 Å². The first-order valence-corrected chi connectivity index (χ1v) is 5.32. The van der Waals surface area contributed by atoms with Gasteiger partial charge >= 0.3 is 6.18 Å². The van der Waals surface area contributed by atoms with Crippen LogP contribution in [-0.4, -0.2) is 31.3 Å². The fourth-order valence-electron chi connectivity index (χ4n) is 1.73. The van der Waals surface area contributed by atoms with Crippen molar-refractivity contribution in [3.8, 4) is 17.2 Å². The number of hydrogen-bond donors (Lipinski definition) is 2. The number of ether oxygens (including phenoxy) is 3. The molecule has 5 nitrogen and oxygen atoms in total. The monoisotopic (exact) mass is 279 g/mol. The van der Waals surface area contributed by atoms with Gasteiger partial charge in [0.1, 0.15) is 0 Å². The normalized spacial score (nSPS) is 17.2. The van der Waals surface area contributed by atoms with Gasteiger partial charge in [-0.25, -0.2) is 0 Å². The summed E-state index contributed by atoms with van der Waals surface area (Å²) in [5, 5.41) is 9.16. The number of benzene rings is 1. The van der Waals surface area contributed by atoms with Gasteiger partial charge in [0.15, 0.2) is 17.6 Å². The number of nitrogens with two attached hydrogens (primary N) is 1. The van der Waals surface area contributed by atoms with Crippen molar-refractivity contribution >= 4 is 0 Å². The van der Waals surface area contributed by atoms with Crippen molar-refractivity contribution in [3.63, 3.8) is 0 Å². The Kier molecular flexibility index (Phi) is 3.46. The van der Waals surface area contributed by atoms with Crippen LogP contribution in [0.2, 0.25) is 0 Å². The van der Waals surface area contributed by atoms with Gasteiger partial charge in [-0.15, -0.1) is 0 Å². The van der Waals surface area contributed by atoms with Gasteiger partial charge in [-0.05, 0) is 17.7 Å². The van der Waals surface area contributed by atoms with Crippen molar-refractivity contribution in [3.05, 3.63) is 17.7 Å². The van der Waals surface area contributed by atoms with Gasteiger partial charge in [0.2, 0.25) is 12.5 Å². The van der Waals surface area contributed by atoms with Crippen LogP contribution in [-0.2, 0) is 0 Å². The Morgan fingerprint density at radius 1 is 1.37 bits per heavy atom. The lowest BCUT2D eigenvalue weighted by molar-refractivity contribution is -0.210. The summed E-state index contributed by atoms with van der Waals surface area (Å²) in [6.45, 7) is -0.0494. The van der Waals surface area contributed by atoms with Crippen LogP contribution in [0.15, 0.2) is 12.1 Å². The standard InChI is InChI=1S/C11H12F3NO4/c1-17-6-2-5(3-7-9(6)19-4-18-7)8(15)10(16)11(12,13)14/h2-3,8,10,16H,4,15H2,1H3/t8-,10-/m1/s1. The maximum Gasteiger partial charge on any atom is 0.416 e. The highest BCUT2D eigenvalue weighted by Crippen LogP contribution is 2.43. The predicted octanol–water partition coefficient (Wildman–Crippen LogP) is 1.35. The van der Waals surface area contributed by atoms with E-state index in [9.17, 15) is 13.2 Å². The molecule has 19 heavy (non-hydrogen) atoms. The second-order valence-corrected chi connectivity index (χ2v) is 3.97. The number of halogens is 3. The second-order valence-electron chi connectivity index (χ2n) is 3.97. The molecule has 1 heterocycles. The Morgan fingerprint density at radius 3 is 2.63 bits per heavy atom. The molecule has 0 spiro atoms. The average Bonchev–Trinajstić information content (AvgIpc) is 2.82. The maximum absolute atomic E-state index is 12.4. The molecule has 3 N–H and O–H groups in total. The van der Waals surface area contributed by atoms with Gasteiger partial charge in [-0.3, -0.25) is 0 Å². The Morgan fingerprint density at radius 2 is 2.05 bits per heavy atom. The highest BCUT2D eigenvalue weighted by atomic mass is 19.4. The molecule has 2 rings (SSSR count). The highest BCUT2D eigenvalue weighted by molar-refractivity contribution is 5.55. The Bertz CT molecular complexity index is 478. The molecule has 0 aliphatic carbocycles. The van der Waals surface area contributed by atoms with Gasteiger partial charge in [-0.2, -0.15) is 13.2 Å². The van der Waals surface area contributed by atoms with E-state index in [2.05, 4.69) is 0 Å². The van der Waals surface area contributed by atoms with E-state index in [1.165, 1.54) is 19.2 Å². The fraction of sp³-hybridized carbons (Fsp3) is 0.455. The third kappa shape index (κ3) is 2.54. The Labute approximate surface area is 106 Å². The molecule has 2 atom stereocenters. The summed E-state index contributed by atoms with van der Waals surface area (Å²) in [5.41, 5.74) is 5.47. The predicted molar refractivity (Wildman–Crippen MR) is 58.1 cm³/mol. The molecule has 1 aliphatic rings. The van der Waals surface area contributed by atoms with Crippen LogP contribution < -0.4 is 19.9 Å². The zero-order valence-corrected chi connectivity index (χ0v) is 9.90. The van der Waals surface area contributed by atoms with Crippen molar-refractivity contribution in [2.24, 2.45) is 5.73 Å². The number of aliphatic hydroxyl groups is 1. The summed E-state index contributed by atoms with van der Waals surface area (Å²) in [6.07, 6.45) is -7.47. The summed E-state index contributed by atoms with van der Waals surface area (Å²) in [4.78, 5) is 0. The minimum absolute atomic E-state index is 0.0472. The number of rotatable bonds is 3. The quantitative estimate of drug-likeness (QED) is 0.873. The van der Waals surface area contributed by atoms with E-state index >= 15 is 0 Å². The molecule has 0 fully saturated rings. The largest absolute Gasteiger partial charge is 0.493 e. The maximum atomic E-state index is 12.4. The first kappa shape index (κ1) is 13.8. The van der Waals surface area contributed by atoms with E-state index in [0.29, 0.717) is 5.75 Å². The SMILES string of the molecule is COc1cc([C@@H](N)[C@@H](O)C(F)(F)F)cc2c1OCO2. The van der Waals surface area contributed by atoms with Crippen molar-refractivity contribution in [1.82, 2.24) is 0 Å². The summed E-state index contributed by atoms with van der Waals surface area (Å²) >= 11 is 0. The average molecular weight is 279 g/mol. The topological polar surface area (TPSA) is 73.9 Å². The molecule has 0 saturated carbocycles. The molecule has 0 radical (unpaired) electrons. The van der Waals surface area contributed by atoms with Crippen LogP contribution in [0.4, 0.5) is 13.2 Å². The van der Waals surface area contributed by atoms with Crippen molar-refractivity contribution < 1.29 is 32.5 Å². The molecule has 0 bridgehead atoms. The van der Waals surface area contributed by atoms with Crippen molar-refractivity contribution in [2.75, 3.05) is 13.9 Å². The molecule has 0 unspecified atom stereocenters. The van der Waals surface area contributed by atoms with Gasteiger partial charge in [0, 0.05) is 0 Å². The molecular formula is C11H12F3NO4. The zero-order valence-electron chi connectivity index (χ0n) is 9.90. The minimum Gasteiger partial charge on any atom is -0.493 e. The second kappa shape index (κ2) is 4.78. The van der Waals surface area contributed by atoms with Crippen LogP contribution in [0.1, 0.15) is 11.6 Å². The Hall–Kier alpha value is -1.67. The molecule has 1 aromatic carbocycles. The summed E-state index contributed by atoms with van der Waals surface area (Å²) in [7, 11) is 1.34. The summed E-state index contributed by atoms with van der Waals surface area (Å²) < 4.78 is 52.5. The third-order valence-corrected chi connectivity index (χ3v) is 2.74. The fourth-order valence-corrected chi connectivity index (χ4v) is 1.73. The number of aliphatic hydroxyl groups excluding tert-OH is 1. The van der Waals surface area contributed by atoms with Crippen molar-refractivity contribution in [1.29, 1.82) is 0 Å². The number of hydrogen-bond acceptors (Lipinski definition) is 5. The van der Waals surface area contributed by atoms with E-state index in [-0.39, 0.29) is 23.9 Å². The first-order chi connectivity index (χ1) is 8.84. The summed E-state index contributed by atoms with van der Waals surface area (Å²) in [6, 6.07) is 0.945. The molecule has 106 valence electrons. The lowest BCUT2D eigenvalue weighted by Gasteiger charge is -2.22. The van der Waals surface area contributed by atoms with E-state index in [4.69, 9.17) is 25.1 Å².